The van der Waals surface area contributed by atoms with Crippen molar-refractivity contribution in [2.75, 3.05) is 6.54 Å². The van der Waals surface area contributed by atoms with Gasteiger partial charge in [0.15, 0.2) is 0 Å². The molecular formula is C15H21N3S. The molecule has 2 N–H and O–H groups in total. The molecule has 0 saturated heterocycles. The summed E-state index contributed by atoms with van der Waals surface area (Å²) in [7, 11) is 0. The summed E-state index contributed by atoms with van der Waals surface area (Å²) in [6.45, 7) is 6.20. The lowest BCUT2D eigenvalue weighted by molar-refractivity contribution is 0.666. The Bertz CT molecular complexity index is 490. The predicted molar refractivity (Wildman–Crippen MR) is 81.3 cm³/mol. The summed E-state index contributed by atoms with van der Waals surface area (Å²) in [4.78, 5) is 9.06. The number of rotatable bonds is 7. The summed E-state index contributed by atoms with van der Waals surface area (Å²) >= 11 is 1.81. The van der Waals surface area contributed by atoms with Gasteiger partial charge in [0.2, 0.25) is 0 Å². The van der Waals surface area contributed by atoms with Crippen molar-refractivity contribution >= 4 is 11.8 Å². The molecule has 1 aromatic carbocycles. The zero-order valence-electron chi connectivity index (χ0n) is 11.6. The van der Waals surface area contributed by atoms with E-state index in [0.29, 0.717) is 0 Å². The highest BCUT2D eigenvalue weighted by Gasteiger charge is 2.01. The lowest BCUT2D eigenvalue weighted by atomic mass is 10.2. The zero-order chi connectivity index (χ0) is 13.5. The van der Waals surface area contributed by atoms with Gasteiger partial charge in [-0.1, -0.05) is 24.6 Å². The van der Waals surface area contributed by atoms with Crippen LogP contribution < -0.4 is 5.32 Å². The molecular weight excluding hydrogens is 254 g/mol. The Labute approximate surface area is 119 Å². The normalized spacial score (nSPS) is 10.8. The average Bonchev–Trinajstić information content (AvgIpc) is 2.86. The van der Waals surface area contributed by atoms with Crippen LogP contribution in [-0.4, -0.2) is 16.5 Å². The van der Waals surface area contributed by atoms with Crippen LogP contribution in [0.1, 0.15) is 30.4 Å². The molecule has 19 heavy (non-hydrogen) atoms. The van der Waals surface area contributed by atoms with Gasteiger partial charge in [0.1, 0.15) is 5.82 Å². The van der Waals surface area contributed by atoms with Crippen LogP contribution in [0.15, 0.2) is 35.4 Å². The van der Waals surface area contributed by atoms with E-state index >= 15 is 0 Å². The Kier molecular flexibility index (Phi) is 5.48. The first-order valence-electron chi connectivity index (χ1n) is 6.71. The topological polar surface area (TPSA) is 40.7 Å². The minimum Gasteiger partial charge on any atom is -0.344 e. The first-order valence-corrected chi connectivity index (χ1v) is 7.69. The molecule has 0 saturated carbocycles. The molecule has 0 aliphatic rings. The number of nitrogens with one attached hydrogen (secondary N) is 2. The third kappa shape index (κ3) is 4.73. The lowest BCUT2D eigenvalue weighted by Crippen LogP contribution is -2.13. The van der Waals surface area contributed by atoms with E-state index < -0.39 is 0 Å². The van der Waals surface area contributed by atoms with Gasteiger partial charge in [-0.05, 0) is 32.0 Å². The number of hydrogen-bond acceptors (Lipinski definition) is 3. The molecule has 2 aromatic rings. The standard InChI is InChI=1S/C15H21N3S/c1-3-8-16-9-13-10-17-15(18-13)11-19-14-6-4-12(2)5-7-14/h4-7,10,16H,3,8-9,11H2,1-2H3,(H,17,18). The lowest BCUT2D eigenvalue weighted by Gasteiger charge is -2.01. The molecule has 3 nitrogen and oxygen atoms in total. The van der Waals surface area contributed by atoms with E-state index in [-0.39, 0.29) is 0 Å². The Balaban J connectivity index is 1.81. The quantitative estimate of drug-likeness (QED) is 0.600. The van der Waals surface area contributed by atoms with Crippen molar-refractivity contribution in [3.63, 3.8) is 0 Å². The summed E-state index contributed by atoms with van der Waals surface area (Å²) in [6, 6.07) is 8.61. The molecule has 0 amide bonds. The zero-order valence-corrected chi connectivity index (χ0v) is 12.4. The van der Waals surface area contributed by atoms with Crippen molar-refractivity contribution < 1.29 is 0 Å². The van der Waals surface area contributed by atoms with Crippen molar-refractivity contribution in [2.45, 2.75) is 37.5 Å². The predicted octanol–water partition coefficient (Wildman–Crippen LogP) is 3.51. The molecule has 0 fully saturated rings. The minimum atomic E-state index is 0.871. The largest absolute Gasteiger partial charge is 0.344 e. The smallest absolute Gasteiger partial charge is 0.116 e. The monoisotopic (exact) mass is 275 g/mol. The summed E-state index contributed by atoms with van der Waals surface area (Å²) in [5.74, 6) is 1.93. The third-order valence-corrected chi connectivity index (χ3v) is 3.84. The van der Waals surface area contributed by atoms with Gasteiger partial charge in [0.25, 0.3) is 0 Å². The third-order valence-electron chi connectivity index (χ3n) is 2.82. The Morgan fingerprint density at radius 1 is 1.26 bits per heavy atom. The number of thioether (sulfide) groups is 1. The molecule has 2 rings (SSSR count). The van der Waals surface area contributed by atoms with Crippen LogP contribution in [0.2, 0.25) is 0 Å². The highest BCUT2D eigenvalue weighted by atomic mass is 32.2. The first kappa shape index (κ1) is 14.2. The van der Waals surface area contributed by atoms with E-state index in [1.54, 1.807) is 0 Å². The minimum absolute atomic E-state index is 0.871. The molecule has 4 heteroatoms. The molecule has 0 aliphatic heterocycles. The molecule has 0 spiro atoms. The number of aryl methyl sites for hydroxylation is 1. The second-order valence-electron chi connectivity index (χ2n) is 4.63. The van der Waals surface area contributed by atoms with E-state index in [4.69, 9.17) is 0 Å². The maximum absolute atomic E-state index is 4.41. The average molecular weight is 275 g/mol. The summed E-state index contributed by atoms with van der Waals surface area (Å²) in [5.41, 5.74) is 2.46. The van der Waals surface area contributed by atoms with Gasteiger partial charge in [0.05, 0.1) is 5.75 Å². The summed E-state index contributed by atoms with van der Waals surface area (Å²) in [6.07, 6.45) is 3.08. The van der Waals surface area contributed by atoms with Gasteiger partial charge in [-0.15, -0.1) is 11.8 Å². The van der Waals surface area contributed by atoms with Crippen molar-refractivity contribution in [3.8, 4) is 0 Å². The fourth-order valence-electron chi connectivity index (χ4n) is 1.75. The summed E-state index contributed by atoms with van der Waals surface area (Å²) < 4.78 is 0. The molecule has 0 atom stereocenters. The number of aromatic amines is 1. The van der Waals surface area contributed by atoms with Crippen molar-refractivity contribution in [1.82, 2.24) is 15.3 Å². The molecule has 1 heterocycles. The van der Waals surface area contributed by atoms with Crippen LogP contribution in [-0.2, 0) is 12.3 Å². The number of hydrogen-bond donors (Lipinski definition) is 2. The Hall–Kier alpha value is -1.26. The molecule has 102 valence electrons. The van der Waals surface area contributed by atoms with Crippen LogP contribution in [0.25, 0.3) is 0 Å². The fraction of sp³-hybridized carbons (Fsp3) is 0.400. The van der Waals surface area contributed by atoms with Gasteiger partial charge in [-0.2, -0.15) is 0 Å². The Morgan fingerprint density at radius 2 is 2.05 bits per heavy atom. The highest BCUT2D eigenvalue weighted by Crippen LogP contribution is 2.21. The van der Waals surface area contributed by atoms with E-state index in [9.17, 15) is 0 Å². The van der Waals surface area contributed by atoms with Crippen LogP contribution >= 0.6 is 11.8 Å². The van der Waals surface area contributed by atoms with Crippen LogP contribution in [0.5, 0.6) is 0 Å². The number of aromatic nitrogens is 2. The van der Waals surface area contributed by atoms with Gasteiger partial charge in [-0.25, -0.2) is 4.98 Å². The highest BCUT2D eigenvalue weighted by molar-refractivity contribution is 7.98. The SMILES string of the molecule is CCCNCc1cnc(CSc2ccc(C)cc2)[nH]1. The fourth-order valence-corrected chi connectivity index (χ4v) is 2.53. The van der Waals surface area contributed by atoms with Gasteiger partial charge in [0, 0.05) is 23.3 Å². The number of nitrogens with zero attached hydrogens (tertiary/aromatic N) is 1. The molecule has 0 bridgehead atoms. The second-order valence-corrected chi connectivity index (χ2v) is 5.68. The summed E-state index contributed by atoms with van der Waals surface area (Å²) in [5, 5.41) is 3.37. The van der Waals surface area contributed by atoms with E-state index in [0.717, 1.165) is 36.8 Å². The maximum Gasteiger partial charge on any atom is 0.116 e. The van der Waals surface area contributed by atoms with Gasteiger partial charge >= 0.3 is 0 Å². The van der Waals surface area contributed by atoms with Crippen molar-refractivity contribution in [1.29, 1.82) is 0 Å². The second kappa shape index (κ2) is 7.36. The van der Waals surface area contributed by atoms with E-state index in [1.807, 2.05) is 18.0 Å². The van der Waals surface area contributed by atoms with E-state index in [1.165, 1.54) is 10.5 Å². The maximum atomic E-state index is 4.41. The first-order chi connectivity index (χ1) is 9.28. The van der Waals surface area contributed by atoms with Crippen molar-refractivity contribution in [3.05, 3.63) is 47.5 Å². The van der Waals surface area contributed by atoms with Crippen molar-refractivity contribution in [2.24, 2.45) is 0 Å². The molecule has 1 aromatic heterocycles. The number of imidazole rings is 1. The van der Waals surface area contributed by atoms with Crippen LogP contribution in [0.4, 0.5) is 0 Å². The van der Waals surface area contributed by atoms with Gasteiger partial charge in [-0.3, -0.25) is 0 Å². The number of benzene rings is 1. The molecule has 0 aliphatic carbocycles. The Morgan fingerprint density at radius 3 is 2.79 bits per heavy atom. The van der Waals surface area contributed by atoms with E-state index in [2.05, 4.69) is 53.4 Å². The number of H-pyrrole nitrogens is 1. The van der Waals surface area contributed by atoms with Gasteiger partial charge < -0.3 is 10.3 Å². The molecule has 0 radical (unpaired) electrons. The van der Waals surface area contributed by atoms with Crippen LogP contribution in [0.3, 0.4) is 0 Å². The molecule has 0 unspecified atom stereocenters. The van der Waals surface area contributed by atoms with Crippen LogP contribution in [0, 0.1) is 6.92 Å².